The Morgan fingerprint density at radius 1 is 0.963 bits per heavy atom. The number of aryl methyl sites for hydroxylation is 1. The molecule has 2 saturated carbocycles. The molecule has 2 fully saturated rings. The van der Waals surface area contributed by atoms with Crippen molar-refractivity contribution in [3.8, 4) is 6.42 Å². The van der Waals surface area contributed by atoms with Crippen molar-refractivity contribution in [3.05, 3.63) is 61.4 Å². The van der Waals surface area contributed by atoms with Crippen molar-refractivity contribution in [3.63, 3.8) is 0 Å². The molecule has 0 N–H and O–H groups in total. The Morgan fingerprint density at radius 2 is 1.44 bits per heavy atom. The van der Waals surface area contributed by atoms with E-state index in [-0.39, 0.29) is 48.9 Å². The molecule has 2 aliphatic rings. The summed E-state index contributed by atoms with van der Waals surface area (Å²) >= 11 is 0. The van der Waals surface area contributed by atoms with Crippen molar-refractivity contribution in [2.75, 3.05) is 0 Å². The zero-order valence-corrected chi connectivity index (χ0v) is 19.7. The van der Waals surface area contributed by atoms with Crippen LogP contribution in [0.1, 0.15) is 71.3 Å². The van der Waals surface area contributed by atoms with E-state index in [0.717, 1.165) is 24.7 Å². The maximum atomic E-state index is 14.2. The third-order valence-corrected chi connectivity index (χ3v) is 6.33. The summed E-state index contributed by atoms with van der Waals surface area (Å²) in [5.74, 6) is 1.27. The van der Waals surface area contributed by atoms with Crippen LogP contribution in [0.15, 0.2) is 24.8 Å². The van der Waals surface area contributed by atoms with Crippen LogP contribution in [0.2, 0.25) is 0 Å². The van der Waals surface area contributed by atoms with E-state index >= 15 is 0 Å². The van der Waals surface area contributed by atoms with E-state index in [1.54, 1.807) is 19.1 Å². The second-order valence-corrected chi connectivity index (χ2v) is 7.62. The van der Waals surface area contributed by atoms with Gasteiger partial charge in [-0.05, 0) is 93.1 Å². The number of terminal acetylenes is 1. The molecule has 0 amide bonds. The van der Waals surface area contributed by atoms with Gasteiger partial charge < -0.3 is 20.3 Å². The Hall–Kier alpha value is -0.516. The van der Waals surface area contributed by atoms with E-state index in [2.05, 4.69) is 19.1 Å². The predicted octanol–water partition coefficient (Wildman–Crippen LogP) is 7.69. The number of allylic oxidation sites excluding steroid dienone is 1. The zero-order chi connectivity index (χ0) is 18.4. The fraction of sp³-hybridized carbons (Fsp3) is 0.542. The minimum atomic E-state index is -0.660. The molecule has 27 heavy (non-hydrogen) atoms. The van der Waals surface area contributed by atoms with Gasteiger partial charge in [0, 0.05) is 35.6 Å². The summed E-state index contributed by atoms with van der Waals surface area (Å²) in [4.78, 5) is 0. The number of hydrogen-bond acceptors (Lipinski definition) is 0. The molecule has 3 heteroatoms. The average molecular weight is 451 g/mol. The minimum absolute atomic E-state index is 0. The number of halogens is 2. The van der Waals surface area contributed by atoms with Crippen molar-refractivity contribution in [2.45, 2.75) is 64.2 Å². The first-order valence-electron chi connectivity index (χ1n) is 9.46. The summed E-state index contributed by atoms with van der Waals surface area (Å²) in [6, 6.07) is 3.52. The first-order valence-corrected chi connectivity index (χ1v) is 9.46. The Balaban J connectivity index is -0.00000109. The van der Waals surface area contributed by atoms with Gasteiger partial charge in [-0.3, -0.25) is 0 Å². The van der Waals surface area contributed by atoms with Gasteiger partial charge in [-0.15, -0.1) is 6.58 Å². The maximum absolute atomic E-state index is 14.2. The molecule has 0 heterocycles. The van der Waals surface area contributed by atoms with E-state index in [9.17, 15) is 8.78 Å². The first-order chi connectivity index (χ1) is 12.1. The number of rotatable bonds is 3. The molecule has 0 atom stereocenters. The van der Waals surface area contributed by atoms with Crippen LogP contribution in [0.4, 0.5) is 8.78 Å². The summed E-state index contributed by atoms with van der Waals surface area (Å²) in [7, 11) is 0. The van der Waals surface area contributed by atoms with E-state index in [1.807, 2.05) is 0 Å². The Morgan fingerprint density at radius 3 is 1.93 bits per heavy atom. The van der Waals surface area contributed by atoms with Gasteiger partial charge in [-0.1, -0.05) is 18.2 Å². The van der Waals surface area contributed by atoms with Crippen LogP contribution in [-0.2, 0) is 32.7 Å². The van der Waals surface area contributed by atoms with E-state index in [1.165, 1.54) is 38.5 Å². The van der Waals surface area contributed by atoms with Gasteiger partial charge in [0.15, 0.2) is 11.6 Å². The largest absolute Gasteiger partial charge is 0.697 e. The summed E-state index contributed by atoms with van der Waals surface area (Å²) in [6.45, 7) is 5.54. The van der Waals surface area contributed by atoms with Gasteiger partial charge in [-0.25, -0.2) is 8.78 Å². The third kappa shape index (κ3) is 6.50. The fourth-order valence-electron chi connectivity index (χ4n) is 4.73. The average Bonchev–Trinajstić information content (AvgIpc) is 2.68. The van der Waals surface area contributed by atoms with Crippen LogP contribution in [0, 0.1) is 56.6 Å². The SMILES string of the molecule is C=CC1CCC(C2CCC(c3ccc(C)c(F)c3F)CC2)CC1.[C-]#C.[CH3-].[HH].[HH].[Y]. The van der Waals surface area contributed by atoms with E-state index in [4.69, 9.17) is 6.42 Å². The fourth-order valence-corrected chi connectivity index (χ4v) is 4.73. The van der Waals surface area contributed by atoms with Gasteiger partial charge in [-0.2, -0.15) is 0 Å². The van der Waals surface area contributed by atoms with Crippen LogP contribution >= 0.6 is 0 Å². The molecule has 0 unspecified atom stereocenters. The molecule has 0 nitrogen and oxygen atoms in total. The summed E-state index contributed by atoms with van der Waals surface area (Å²) in [5.41, 5.74) is 1.00. The molecular formula is C24H36F2Y-2. The third-order valence-electron chi connectivity index (χ3n) is 6.33. The van der Waals surface area contributed by atoms with Crippen LogP contribution in [0.5, 0.6) is 0 Å². The van der Waals surface area contributed by atoms with Gasteiger partial charge >= 0.3 is 0 Å². The van der Waals surface area contributed by atoms with Crippen molar-refractivity contribution in [2.24, 2.45) is 17.8 Å². The van der Waals surface area contributed by atoms with Crippen molar-refractivity contribution >= 4 is 0 Å². The van der Waals surface area contributed by atoms with Gasteiger partial charge in [0.2, 0.25) is 0 Å². The summed E-state index contributed by atoms with van der Waals surface area (Å²) in [5, 5.41) is 0. The number of benzene rings is 1. The van der Waals surface area contributed by atoms with Crippen molar-refractivity contribution in [1.29, 1.82) is 0 Å². The topological polar surface area (TPSA) is 0 Å². The molecule has 0 aromatic heterocycles. The van der Waals surface area contributed by atoms with Crippen LogP contribution in [0.25, 0.3) is 0 Å². The van der Waals surface area contributed by atoms with Gasteiger partial charge in [0.05, 0.1) is 0 Å². The summed E-state index contributed by atoms with van der Waals surface area (Å²) in [6.07, 6.45) is 20.7. The first kappa shape index (κ1) is 26.5. The summed E-state index contributed by atoms with van der Waals surface area (Å²) < 4.78 is 28.0. The Kier molecular flexibility index (Phi) is 12.6. The Bertz CT molecular complexity index is 602. The normalized spacial score (nSPS) is 27.1. The molecule has 0 saturated heterocycles. The van der Waals surface area contributed by atoms with Crippen LogP contribution in [0.3, 0.4) is 0 Å². The molecule has 1 aromatic carbocycles. The Labute approximate surface area is 193 Å². The van der Waals surface area contributed by atoms with Gasteiger partial charge in [0.1, 0.15) is 0 Å². The molecule has 3 rings (SSSR count). The van der Waals surface area contributed by atoms with E-state index in [0.29, 0.717) is 17.0 Å². The quantitative estimate of drug-likeness (QED) is 0.251. The predicted molar refractivity (Wildman–Crippen MR) is 110 cm³/mol. The second kappa shape index (κ2) is 12.8. The van der Waals surface area contributed by atoms with Crippen LogP contribution in [-0.4, -0.2) is 0 Å². The number of hydrogen-bond donors (Lipinski definition) is 0. The minimum Gasteiger partial charge on any atom is -0.697 e. The monoisotopic (exact) mass is 451 g/mol. The van der Waals surface area contributed by atoms with Gasteiger partial charge in [0.25, 0.3) is 0 Å². The molecule has 1 aromatic rings. The van der Waals surface area contributed by atoms with Crippen LogP contribution < -0.4 is 0 Å². The standard InChI is InChI=1S/C21H28F2.C2H.CH3.Y.2H2/c1-3-15-5-7-16(8-6-15)17-9-11-18(12-10-17)19-13-4-14(2)20(22)21(19)23;1-2;;;;/h3-4,13,15-18H,1,5-12H2,2H3;1H;1H3;;2*1H/q;2*-1;;;. The molecular weight excluding hydrogens is 415 g/mol. The zero-order valence-electron chi connectivity index (χ0n) is 16.8. The van der Waals surface area contributed by atoms with E-state index < -0.39 is 11.6 Å². The molecule has 1 radical (unpaired) electrons. The molecule has 0 aliphatic heterocycles. The molecule has 0 bridgehead atoms. The molecule has 151 valence electrons. The van der Waals surface area contributed by atoms with Crippen molar-refractivity contribution < 1.29 is 44.3 Å². The maximum Gasteiger partial charge on any atom is 0.162 e. The molecule has 2 aliphatic carbocycles. The van der Waals surface area contributed by atoms with Crippen molar-refractivity contribution in [1.82, 2.24) is 0 Å². The molecule has 0 spiro atoms. The smallest absolute Gasteiger partial charge is 0.162 e. The second-order valence-electron chi connectivity index (χ2n) is 7.62.